The van der Waals surface area contributed by atoms with Gasteiger partial charge in [0, 0.05) is 6.61 Å². The van der Waals surface area contributed by atoms with Crippen molar-refractivity contribution in [2.75, 3.05) is 6.61 Å². The molecule has 0 saturated heterocycles. The molecule has 1 rings (SSSR count). The molecule has 54 valence electrons. The zero-order chi connectivity index (χ0) is 6.69. The number of hydrogen-bond acceptors (Lipinski definition) is 1. The summed E-state index contributed by atoms with van der Waals surface area (Å²) in [5.41, 5.74) is 0. The summed E-state index contributed by atoms with van der Waals surface area (Å²) in [6.07, 6.45) is 5.04. The molecule has 1 aliphatic rings. The predicted octanol–water partition coefficient (Wildman–Crippen LogP) is 1.81. The molecule has 0 aromatic rings. The maximum Gasteiger partial charge on any atom is 0.0431 e. The predicted molar refractivity (Wildman–Crippen MR) is 38.2 cm³/mol. The Morgan fingerprint density at radius 2 is 2.22 bits per heavy atom. The van der Waals surface area contributed by atoms with E-state index in [4.69, 9.17) is 5.11 Å². The highest BCUT2D eigenvalue weighted by atomic mass is 16.2. The van der Waals surface area contributed by atoms with Gasteiger partial charge in [0.25, 0.3) is 0 Å². The third kappa shape index (κ3) is 1.98. The first-order chi connectivity index (χ1) is 4.38. The minimum atomic E-state index is 0.382. The Labute approximate surface area is 57.1 Å². The Balaban J connectivity index is 1.92. The Morgan fingerprint density at radius 1 is 1.44 bits per heavy atom. The van der Waals surface area contributed by atoms with Crippen molar-refractivity contribution in [2.45, 2.75) is 32.6 Å². The van der Waals surface area contributed by atoms with E-state index in [0.29, 0.717) is 6.61 Å². The van der Waals surface area contributed by atoms with E-state index < -0.39 is 0 Å². The van der Waals surface area contributed by atoms with E-state index in [1.807, 2.05) is 0 Å². The summed E-state index contributed by atoms with van der Waals surface area (Å²) < 4.78 is 0. The van der Waals surface area contributed by atoms with Crippen molar-refractivity contribution in [1.29, 1.82) is 0 Å². The van der Waals surface area contributed by atoms with Gasteiger partial charge in [-0.15, -0.1) is 0 Å². The zero-order valence-electron chi connectivity index (χ0n) is 6.14. The topological polar surface area (TPSA) is 20.2 Å². The monoisotopic (exact) mass is 128 g/mol. The van der Waals surface area contributed by atoms with Gasteiger partial charge in [-0.2, -0.15) is 0 Å². The first-order valence-corrected chi connectivity index (χ1v) is 3.99. The van der Waals surface area contributed by atoms with Crippen LogP contribution in [0, 0.1) is 11.8 Å². The summed E-state index contributed by atoms with van der Waals surface area (Å²) in [5.74, 6) is 1.98. The third-order valence-corrected chi connectivity index (χ3v) is 2.33. The van der Waals surface area contributed by atoms with Crippen LogP contribution in [-0.2, 0) is 0 Å². The summed E-state index contributed by atoms with van der Waals surface area (Å²) in [7, 11) is 0. The van der Waals surface area contributed by atoms with Crippen molar-refractivity contribution in [2.24, 2.45) is 11.8 Å². The van der Waals surface area contributed by atoms with Crippen LogP contribution in [0.5, 0.6) is 0 Å². The quantitative estimate of drug-likeness (QED) is 0.612. The fourth-order valence-corrected chi connectivity index (χ4v) is 1.52. The highest BCUT2D eigenvalue weighted by Gasteiger charge is 2.33. The minimum absolute atomic E-state index is 0.382. The fourth-order valence-electron chi connectivity index (χ4n) is 1.52. The van der Waals surface area contributed by atoms with Gasteiger partial charge in [-0.1, -0.05) is 13.3 Å². The summed E-state index contributed by atoms with van der Waals surface area (Å²) in [5, 5.41) is 8.50. The van der Waals surface area contributed by atoms with Gasteiger partial charge in [0.15, 0.2) is 0 Å². The van der Waals surface area contributed by atoms with Crippen LogP contribution >= 0.6 is 0 Å². The van der Waals surface area contributed by atoms with E-state index >= 15 is 0 Å². The van der Waals surface area contributed by atoms with Gasteiger partial charge in [-0.25, -0.2) is 0 Å². The van der Waals surface area contributed by atoms with E-state index in [1.165, 1.54) is 19.3 Å². The minimum Gasteiger partial charge on any atom is -0.396 e. The van der Waals surface area contributed by atoms with Crippen LogP contribution in [0.2, 0.25) is 0 Å². The molecule has 0 radical (unpaired) electrons. The number of aliphatic hydroxyl groups is 1. The molecule has 1 saturated carbocycles. The molecule has 1 heteroatoms. The Morgan fingerprint density at radius 3 is 2.67 bits per heavy atom. The second-order valence-electron chi connectivity index (χ2n) is 3.03. The zero-order valence-corrected chi connectivity index (χ0v) is 6.14. The molecule has 0 amide bonds. The SMILES string of the molecule is CCC1CC1CCCO. The van der Waals surface area contributed by atoms with Crippen LogP contribution in [0.15, 0.2) is 0 Å². The van der Waals surface area contributed by atoms with E-state index in [-0.39, 0.29) is 0 Å². The van der Waals surface area contributed by atoms with Gasteiger partial charge in [-0.3, -0.25) is 0 Å². The Bertz CT molecular complexity index is 80.6. The van der Waals surface area contributed by atoms with Crippen molar-refractivity contribution < 1.29 is 5.11 Å². The van der Waals surface area contributed by atoms with Crippen molar-refractivity contribution >= 4 is 0 Å². The molecule has 0 aliphatic heterocycles. The second-order valence-corrected chi connectivity index (χ2v) is 3.03. The van der Waals surface area contributed by atoms with Gasteiger partial charge in [0.05, 0.1) is 0 Å². The van der Waals surface area contributed by atoms with Crippen LogP contribution in [0.25, 0.3) is 0 Å². The summed E-state index contributed by atoms with van der Waals surface area (Å²) in [6.45, 7) is 2.64. The maximum atomic E-state index is 8.50. The first-order valence-electron chi connectivity index (χ1n) is 3.99. The molecule has 0 aromatic heterocycles. The van der Waals surface area contributed by atoms with Gasteiger partial charge in [0.2, 0.25) is 0 Å². The summed E-state index contributed by atoms with van der Waals surface area (Å²) in [4.78, 5) is 0. The maximum absolute atomic E-state index is 8.50. The van der Waals surface area contributed by atoms with Crippen LogP contribution in [0.3, 0.4) is 0 Å². The molecular weight excluding hydrogens is 112 g/mol. The Hall–Kier alpha value is -0.0400. The van der Waals surface area contributed by atoms with Crippen molar-refractivity contribution in [3.8, 4) is 0 Å². The normalized spacial score (nSPS) is 32.7. The molecule has 1 fully saturated rings. The molecule has 0 spiro atoms. The highest BCUT2D eigenvalue weighted by molar-refractivity contribution is 4.84. The van der Waals surface area contributed by atoms with Gasteiger partial charge < -0.3 is 5.11 Å². The molecule has 0 heterocycles. The van der Waals surface area contributed by atoms with Crippen LogP contribution in [-0.4, -0.2) is 11.7 Å². The lowest BCUT2D eigenvalue weighted by Crippen LogP contribution is -1.85. The van der Waals surface area contributed by atoms with E-state index in [9.17, 15) is 0 Å². The van der Waals surface area contributed by atoms with Crippen LogP contribution in [0.4, 0.5) is 0 Å². The lowest BCUT2D eigenvalue weighted by atomic mass is 10.2. The molecule has 1 nitrogen and oxygen atoms in total. The van der Waals surface area contributed by atoms with Crippen molar-refractivity contribution in [1.82, 2.24) is 0 Å². The standard InChI is InChI=1S/C8H16O/c1-2-7-6-8(7)4-3-5-9/h7-9H,2-6H2,1H3. The second kappa shape index (κ2) is 3.21. The molecule has 0 aromatic carbocycles. The van der Waals surface area contributed by atoms with Gasteiger partial charge in [0.1, 0.15) is 0 Å². The van der Waals surface area contributed by atoms with Gasteiger partial charge in [-0.05, 0) is 31.1 Å². The molecule has 2 unspecified atom stereocenters. The fraction of sp³-hybridized carbons (Fsp3) is 1.00. The molecule has 1 N–H and O–H groups in total. The third-order valence-electron chi connectivity index (χ3n) is 2.33. The summed E-state index contributed by atoms with van der Waals surface area (Å²) >= 11 is 0. The smallest absolute Gasteiger partial charge is 0.0431 e. The lowest BCUT2D eigenvalue weighted by molar-refractivity contribution is 0.280. The molecule has 1 aliphatic carbocycles. The number of rotatable bonds is 4. The van der Waals surface area contributed by atoms with Crippen molar-refractivity contribution in [3.63, 3.8) is 0 Å². The van der Waals surface area contributed by atoms with E-state index in [1.54, 1.807) is 0 Å². The van der Waals surface area contributed by atoms with E-state index in [0.717, 1.165) is 18.3 Å². The highest BCUT2D eigenvalue weighted by Crippen LogP contribution is 2.43. The van der Waals surface area contributed by atoms with Crippen LogP contribution in [0.1, 0.15) is 32.6 Å². The average Bonchev–Trinajstić information content (AvgIpc) is 2.62. The Kier molecular flexibility index (Phi) is 2.52. The van der Waals surface area contributed by atoms with Crippen LogP contribution < -0.4 is 0 Å². The van der Waals surface area contributed by atoms with Gasteiger partial charge >= 0.3 is 0 Å². The lowest BCUT2D eigenvalue weighted by Gasteiger charge is -1.93. The molecular formula is C8H16O. The van der Waals surface area contributed by atoms with Crippen molar-refractivity contribution in [3.05, 3.63) is 0 Å². The molecule has 2 atom stereocenters. The largest absolute Gasteiger partial charge is 0.396 e. The number of hydrogen-bond donors (Lipinski definition) is 1. The van der Waals surface area contributed by atoms with E-state index in [2.05, 4.69) is 6.92 Å². The average molecular weight is 128 g/mol. The molecule has 0 bridgehead atoms. The first kappa shape index (κ1) is 7.07. The number of aliphatic hydroxyl groups excluding tert-OH is 1. The molecule has 9 heavy (non-hydrogen) atoms. The summed E-state index contributed by atoms with van der Waals surface area (Å²) in [6, 6.07) is 0.